The van der Waals surface area contributed by atoms with Crippen molar-refractivity contribution in [2.75, 3.05) is 27.2 Å². The van der Waals surface area contributed by atoms with Crippen LogP contribution in [0.2, 0.25) is 0 Å². The van der Waals surface area contributed by atoms with Crippen LogP contribution in [0.5, 0.6) is 5.75 Å². The molecule has 0 unspecified atom stereocenters. The normalized spacial score (nSPS) is 21.6. The second-order valence-electron chi connectivity index (χ2n) is 11.0. The van der Waals surface area contributed by atoms with Crippen molar-refractivity contribution in [3.8, 4) is 5.75 Å². The highest BCUT2D eigenvalue weighted by Gasteiger charge is 2.43. The minimum absolute atomic E-state index is 0.0746. The lowest BCUT2D eigenvalue weighted by molar-refractivity contribution is -0.155. The number of fused-ring (bicyclic) bond motifs is 3. The number of aromatic amines is 1. The average Bonchev–Trinajstić information content (AvgIpc) is 3.50. The van der Waals surface area contributed by atoms with Gasteiger partial charge in [0.25, 0.3) is 0 Å². The molecule has 0 bridgehead atoms. The molecular formula is C29H31F5N4O4. The highest BCUT2D eigenvalue weighted by atomic mass is 19.4. The molecule has 0 radical (unpaired) electrons. The Morgan fingerprint density at radius 3 is 2.55 bits per heavy atom. The second kappa shape index (κ2) is 11.1. The highest BCUT2D eigenvalue weighted by Crippen LogP contribution is 2.44. The van der Waals surface area contributed by atoms with Crippen LogP contribution in [0.1, 0.15) is 49.4 Å². The zero-order valence-electron chi connectivity index (χ0n) is 23.5. The molecule has 2 aliphatic rings. The second-order valence-corrected chi connectivity index (χ2v) is 11.0. The number of amides is 1. The van der Waals surface area contributed by atoms with E-state index in [-0.39, 0.29) is 29.2 Å². The van der Waals surface area contributed by atoms with Gasteiger partial charge in [0, 0.05) is 68.1 Å². The van der Waals surface area contributed by atoms with E-state index < -0.39 is 54.0 Å². The number of allylic oxidation sites excluding steroid dienone is 1. The van der Waals surface area contributed by atoms with E-state index in [0.29, 0.717) is 29.7 Å². The number of hydrogen-bond donors (Lipinski definition) is 1. The van der Waals surface area contributed by atoms with Crippen molar-refractivity contribution in [2.24, 2.45) is 0 Å². The summed E-state index contributed by atoms with van der Waals surface area (Å²) in [6.45, 7) is 2.44. The molecule has 226 valence electrons. The molecule has 2 aliphatic heterocycles. The molecule has 1 N–H and O–H groups in total. The van der Waals surface area contributed by atoms with Crippen LogP contribution in [0.4, 0.5) is 22.0 Å². The number of oxazole rings is 1. The summed E-state index contributed by atoms with van der Waals surface area (Å²) in [5.74, 6) is -3.23. The SMILES string of the molecule is CC(=CC(=O)N(C)C)N1CCC[C@H]1Oc1cc(F)c([C@@H]2c3ccc4[nH]c(=O)oc4c3C[C@@H](C)N2CC(F)(F)F)c(F)c1. The molecule has 3 atom stereocenters. The van der Waals surface area contributed by atoms with Crippen LogP contribution in [0.15, 0.2) is 45.3 Å². The summed E-state index contributed by atoms with van der Waals surface area (Å²) >= 11 is 0. The highest BCUT2D eigenvalue weighted by molar-refractivity contribution is 5.87. The molecule has 1 aromatic heterocycles. The number of likely N-dealkylation sites (N-methyl/N-ethyl adjacent to an activating group) is 1. The molecule has 13 heteroatoms. The minimum atomic E-state index is -4.64. The Morgan fingerprint density at radius 2 is 1.90 bits per heavy atom. The number of carbonyl (C=O) groups is 1. The molecule has 1 amide bonds. The maximum absolute atomic E-state index is 15.8. The molecule has 42 heavy (non-hydrogen) atoms. The van der Waals surface area contributed by atoms with Gasteiger partial charge in [-0.15, -0.1) is 0 Å². The molecule has 8 nitrogen and oxygen atoms in total. The maximum atomic E-state index is 15.8. The molecule has 2 aromatic carbocycles. The number of halogens is 5. The number of aromatic nitrogens is 1. The smallest absolute Gasteiger partial charge is 0.417 e. The van der Waals surface area contributed by atoms with Crippen LogP contribution < -0.4 is 10.5 Å². The van der Waals surface area contributed by atoms with Crippen molar-refractivity contribution in [3.05, 3.63) is 74.9 Å². The van der Waals surface area contributed by atoms with Crippen molar-refractivity contribution in [1.82, 2.24) is 19.7 Å². The fourth-order valence-corrected chi connectivity index (χ4v) is 5.87. The van der Waals surface area contributed by atoms with Gasteiger partial charge in [-0.2, -0.15) is 13.2 Å². The van der Waals surface area contributed by atoms with E-state index in [1.807, 2.05) is 4.90 Å². The third-order valence-electron chi connectivity index (χ3n) is 7.80. The predicted octanol–water partition coefficient (Wildman–Crippen LogP) is 5.09. The summed E-state index contributed by atoms with van der Waals surface area (Å²) in [5.41, 5.74) is 1.19. The van der Waals surface area contributed by atoms with E-state index in [2.05, 4.69) is 4.98 Å². The van der Waals surface area contributed by atoms with E-state index >= 15 is 8.78 Å². The number of H-pyrrole nitrogens is 1. The lowest BCUT2D eigenvalue weighted by atomic mass is 9.84. The third-order valence-corrected chi connectivity index (χ3v) is 7.80. The number of likely N-dealkylation sites (tertiary alicyclic amines) is 1. The van der Waals surface area contributed by atoms with Crippen LogP contribution in [0, 0.1) is 11.6 Å². The molecule has 1 saturated heterocycles. The minimum Gasteiger partial charge on any atom is -0.470 e. The summed E-state index contributed by atoms with van der Waals surface area (Å²) < 4.78 is 84.0. The lowest BCUT2D eigenvalue weighted by Crippen LogP contribution is -2.47. The van der Waals surface area contributed by atoms with Gasteiger partial charge in [-0.05, 0) is 38.3 Å². The maximum Gasteiger partial charge on any atom is 0.417 e. The van der Waals surface area contributed by atoms with Crippen LogP contribution >= 0.6 is 0 Å². The standard InChI is InChI=1S/C29H31F5N4O4/c1-15-10-19-18(7-8-22-27(19)42-28(40)35-22)26(38(15)14-29(32,33)34)25-20(30)12-17(13-21(25)31)41-24-6-5-9-37(24)16(2)11-23(39)36(3)4/h7-8,11-13,15,24,26H,5-6,9-10,14H2,1-4H3,(H,35,40)/t15-,24-,26+/m1/s1. The van der Waals surface area contributed by atoms with Gasteiger partial charge < -0.3 is 19.0 Å². The van der Waals surface area contributed by atoms with E-state index in [0.717, 1.165) is 23.5 Å². The lowest BCUT2D eigenvalue weighted by Gasteiger charge is -2.42. The number of carbonyl (C=O) groups excluding carboxylic acids is 1. The monoisotopic (exact) mass is 594 g/mol. The van der Waals surface area contributed by atoms with Crippen molar-refractivity contribution in [2.45, 2.75) is 57.6 Å². The Bertz CT molecular complexity index is 1570. The molecule has 3 heterocycles. The molecule has 0 spiro atoms. The van der Waals surface area contributed by atoms with Crippen molar-refractivity contribution in [1.29, 1.82) is 0 Å². The number of rotatable bonds is 6. The Hall–Kier alpha value is -3.87. The van der Waals surface area contributed by atoms with Gasteiger partial charge >= 0.3 is 11.9 Å². The number of benzene rings is 2. The average molecular weight is 595 g/mol. The van der Waals surface area contributed by atoms with Gasteiger partial charge in [0.1, 0.15) is 17.4 Å². The van der Waals surface area contributed by atoms with Gasteiger partial charge in [0.2, 0.25) is 5.91 Å². The van der Waals surface area contributed by atoms with Crippen LogP contribution in [-0.2, 0) is 11.2 Å². The van der Waals surface area contributed by atoms with Gasteiger partial charge in [0.05, 0.1) is 18.1 Å². The van der Waals surface area contributed by atoms with Gasteiger partial charge in [-0.1, -0.05) is 6.07 Å². The first-order valence-electron chi connectivity index (χ1n) is 13.5. The topological polar surface area (TPSA) is 82.0 Å². The zero-order chi connectivity index (χ0) is 30.5. The van der Waals surface area contributed by atoms with Crippen LogP contribution in [0.25, 0.3) is 11.1 Å². The first-order valence-corrected chi connectivity index (χ1v) is 13.5. The largest absolute Gasteiger partial charge is 0.470 e. The fourth-order valence-electron chi connectivity index (χ4n) is 5.87. The van der Waals surface area contributed by atoms with Gasteiger partial charge in [0.15, 0.2) is 11.8 Å². The van der Waals surface area contributed by atoms with E-state index in [4.69, 9.17) is 9.15 Å². The molecular weight excluding hydrogens is 563 g/mol. The Kier molecular flexibility index (Phi) is 7.82. The summed E-state index contributed by atoms with van der Waals surface area (Å²) in [6.07, 6.45) is -2.45. The summed E-state index contributed by atoms with van der Waals surface area (Å²) in [7, 11) is 3.24. The summed E-state index contributed by atoms with van der Waals surface area (Å²) in [4.78, 5) is 30.7. The van der Waals surface area contributed by atoms with Crippen molar-refractivity contribution in [3.63, 3.8) is 0 Å². The summed E-state index contributed by atoms with van der Waals surface area (Å²) in [5, 5.41) is 0. The molecule has 5 rings (SSSR count). The number of nitrogens with one attached hydrogen (secondary N) is 1. The number of alkyl halides is 3. The predicted molar refractivity (Wildman–Crippen MR) is 144 cm³/mol. The number of hydrogen-bond acceptors (Lipinski definition) is 6. The van der Waals surface area contributed by atoms with E-state index in [9.17, 15) is 22.8 Å². The molecule has 0 saturated carbocycles. The zero-order valence-corrected chi connectivity index (χ0v) is 23.5. The van der Waals surface area contributed by atoms with E-state index in [1.54, 1.807) is 21.0 Å². The first-order chi connectivity index (χ1) is 19.7. The number of nitrogens with zero attached hydrogens (tertiary/aromatic N) is 3. The Balaban J connectivity index is 1.53. The molecule has 3 aromatic rings. The van der Waals surface area contributed by atoms with Crippen molar-refractivity contribution < 1.29 is 35.9 Å². The van der Waals surface area contributed by atoms with Crippen molar-refractivity contribution >= 4 is 17.0 Å². The molecule has 1 fully saturated rings. The number of ether oxygens (including phenoxy) is 1. The van der Waals surface area contributed by atoms with Gasteiger partial charge in [-0.3, -0.25) is 14.7 Å². The third kappa shape index (κ3) is 5.74. The van der Waals surface area contributed by atoms with Crippen LogP contribution in [0.3, 0.4) is 0 Å². The first kappa shape index (κ1) is 29.6. The van der Waals surface area contributed by atoms with Crippen LogP contribution in [-0.4, -0.2) is 71.2 Å². The fraction of sp³-hybridized carbons (Fsp3) is 0.448. The molecule has 0 aliphatic carbocycles. The van der Waals surface area contributed by atoms with E-state index in [1.165, 1.54) is 30.0 Å². The van der Waals surface area contributed by atoms with Gasteiger partial charge in [-0.25, -0.2) is 13.6 Å². The Labute approximate surface area is 238 Å². The quantitative estimate of drug-likeness (QED) is 0.317. The Morgan fingerprint density at radius 1 is 1.21 bits per heavy atom. The summed E-state index contributed by atoms with van der Waals surface area (Å²) in [6, 6.07) is 2.61.